The number of hydrogen-bond acceptors (Lipinski definition) is 3. The fourth-order valence-corrected chi connectivity index (χ4v) is 2.38. The Labute approximate surface area is 114 Å². The van der Waals surface area contributed by atoms with Gasteiger partial charge in [-0.3, -0.25) is 9.69 Å². The topological polar surface area (TPSA) is 52.6 Å². The molecule has 1 aromatic rings. The standard InChI is InChI=1S/C15H22N2O2/c18-12-14-6-8-17(9-7-14)11-15(19)16-10-13-4-2-1-3-5-13/h1-5,14,18H,6-12H2,(H,16,19). The highest BCUT2D eigenvalue weighted by molar-refractivity contribution is 5.78. The van der Waals surface area contributed by atoms with Crippen LogP contribution in [0.3, 0.4) is 0 Å². The molecule has 4 heteroatoms. The SMILES string of the molecule is O=C(CN1CCC(CO)CC1)NCc1ccccc1. The van der Waals surface area contributed by atoms with Gasteiger partial charge < -0.3 is 10.4 Å². The van der Waals surface area contributed by atoms with Crippen LogP contribution in [0.5, 0.6) is 0 Å². The monoisotopic (exact) mass is 262 g/mol. The van der Waals surface area contributed by atoms with Crippen molar-refractivity contribution in [2.75, 3.05) is 26.2 Å². The molecule has 0 unspecified atom stereocenters. The summed E-state index contributed by atoms with van der Waals surface area (Å²) in [4.78, 5) is 14.0. The van der Waals surface area contributed by atoms with Crippen molar-refractivity contribution in [3.8, 4) is 0 Å². The van der Waals surface area contributed by atoms with Crippen molar-refractivity contribution in [1.29, 1.82) is 0 Å². The van der Waals surface area contributed by atoms with Gasteiger partial charge >= 0.3 is 0 Å². The van der Waals surface area contributed by atoms with E-state index in [-0.39, 0.29) is 12.5 Å². The summed E-state index contributed by atoms with van der Waals surface area (Å²) in [5.41, 5.74) is 1.12. The number of piperidine rings is 1. The van der Waals surface area contributed by atoms with Gasteiger partial charge in [0.15, 0.2) is 0 Å². The Hall–Kier alpha value is -1.39. The first-order valence-corrected chi connectivity index (χ1v) is 6.92. The summed E-state index contributed by atoms with van der Waals surface area (Å²) < 4.78 is 0. The molecule has 104 valence electrons. The van der Waals surface area contributed by atoms with Crippen LogP contribution in [0.1, 0.15) is 18.4 Å². The Morgan fingerprint density at radius 3 is 2.58 bits per heavy atom. The van der Waals surface area contributed by atoms with Crippen LogP contribution in [0.4, 0.5) is 0 Å². The molecule has 0 spiro atoms. The van der Waals surface area contributed by atoms with Gasteiger partial charge in [0.25, 0.3) is 0 Å². The van der Waals surface area contributed by atoms with Crippen LogP contribution < -0.4 is 5.32 Å². The van der Waals surface area contributed by atoms with Crippen LogP contribution in [0, 0.1) is 5.92 Å². The van der Waals surface area contributed by atoms with Gasteiger partial charge in [0.1, 0.15) is 0 Å². The van der Waals surface area contributed by atoms with Gasteiger partial charge in [0.2, 0.25) is 5.91 Å². The number of benzene rings is 1. The zero-order valence-electron chi connectivity index (χ0n) is 11.2. The number of hydrogen-bond donors (Lipinski definition) is 2. The summed E-state index contributed by atoms with van der Waals surface area (Å²) in [7, 11) is 0. The lowest BCUT2D eigenvalue weighted by Gasteiger charge is -2.30. The smallest absolute Gasteiger partial charge is 0.234 e. The highest BCUT2D eigenvalue weighted by Crippen LogP contribution is 2.15. The van der Waals surface area contributed by atoms with Crippen molar-refractivity contribution in [3.05, 3.63) is 35.9 Å². The molecule has 1 aliphatic heterocycles. The zero-order valence-corrected chi connectivity index (χ0v) is 11.2. The number of nitrogens with zero attached hydrogens (tertiary/aromatic N) is 1. The molecule has 2 N–H and O–H groups in total. The fourth-order valence-electron chi connectivity index (χ4n) is 2.38. The summed E-state index contributed by atoms with van der Waals surface area (Å²) in [5, 5.41) is 12.0. The fraction of sp³-hybridized carbons (Fsp3) is 0.533. The second-order valence-corrected chi connectivity index (χ2v) is 5.16. The molecule has 4 nitrogen and oxygen atoms in total. The number of carbonyl (C=O) groups is 1. The first-order valence-electron chi connectivity index (χ1n) is 6.92. The highest BCUT2D eigenvalue weighted by atomic mass is 16.3. The minimum atomic E-state index is 0.0753. The second kappa shape index (κ2) is 7.26. The molecule has 19 heavy (non-hydrogen) atoms. The van der Waals surface area contributed by atoms with Crippen LogP contribution in [-0.4, -0.2) is 42.2 Å². The third-order valence-corrected chi connectivity index (χ3v) is 3.67. The summed E-state index contributed by atoms with van der Waals surface area (Å²) in [6.45, 7) is 3.14. The van der Waals surface area contributed by atoms with Crippen LogP contribution in [0.25, 0.3) is 0 Å². The molecule has 0 radical (unpaired) electrons. The van der Waals surface area contributed by atoms with E-state index < -0.39 is 0 Å². The molecular formula is C15H22N2O2. The average Bonchev–Trinajstić information content (AvgIpc) is 2.47. The van der Waals surface area contributed by atoms with Crippen molar-refractivity contribution >= 4 is 5.91 Å². The van der Waals surface area contributed by atoms with Crippen molar-refractivity contribution in [2.45, 2.75) is 19.4 Å². The molecule has 1 aromatic carbocycles. The van der Waals surface area contributed by atoms with Gasteiger partial charge in [-0.15, -0.1) is 0 Å². The third-order valence-electron chi connectivity index (χ3n) is 3.67. The maximum Gasteiger partial charge on any atom is 0.234 e. The number of rotatable bonds is 5. The van der Waals surface area contributed by atoms with Crippen LogP contribution >= 0.6 is 0 Å². The predicted molar refractivity (Wildman–Crippen MR) is 74.5 cm³/mol. The molecule has 1 heterocycles. The Morgan fingerprint density at radius 1 is 1.26 bits per heavy atom. The number of aliphatic hydroxyl groups is 1. The van der Waals surface area contributed by atoms with E-state index >= 15 is 0 Å². The molecular weight excluding hydrogens is 240 g/mol. The van der Waals surface area contributed by atoms with E-state index in [4.69, 9.17) is 5.11 Å². The van der Waals surface area contributed by atoms with Crippen LogP contribution in [0.2, 0.25) is 0 Å². The van der Waals surface area contributed by atoms with Crippen molar-refractivity contribution in [3.63, 3.8) is 0 Å². The van der Waals surface area contributed by atoms with E-state index in [1.165, 1.54) is 0 Å². The van der Waals surface area contributed by atoms with Crippen LogP contribution in [0.15, 0.2) is 30.3 Å². The molecule has 0 atom stereocenters. The van der Waals surface area contributed by atoms with Gasteiger partial charge in [-0.2, -0.15) is 0 Å². The van der Waals surface area contributed by atoms with E-state index in [1.807, 2.05) is 30.3 Å². The lowest BCUT2D eigenvalue weighted by atomic mass is 9.98. The van der Waals surface area contributed by atoms with Gasteiger partial charge in [-0.1, -0.05) is 30.3 Å². The molecule has 0 bridgehead atoms. The minimum Gasteiger partial charge on any atom is -0.396 e. The number of nitrogens with one attached hydrogen (secondary N) is 1. The van der Waals surface area contributed by atoms with Crippen molar-refractivity contribution in [2.24, 2.45) is 5.92 Å². The van der Waals surface area contributed by atoms with Gasteiger partial charge in [-0.05, 0) is 37.4 Å². The van der Waals surface area contributed by atoms with E-state index in [2.05, 4.69) is 10.2 Å². The third kappa shape index (κ3) is 4.65. The van der Waals surface area contributed by atoms with E-state index in [1.54, 1.807) is 0 Å². The molecule has 0 saturated carbocycles. The molecule has 1 saturated heterocycles. The number of amides is 1. The largest absolute Gasteiger partial charge is 0.396 e. The quantitative estimate of drug-likeness (QED) is 0.832. The van der Waals surface area contributed by atoms with E-state index in [9.17, 15) is 4.79 Å². The summed E-state index contributed by atoms with van der Waals surface area (Å²) in [6, 6.07) is 9.93. The number of carbonyl (C=O) groups excluding carboxylic acids is 1. The Balaban J connectivity index is 1.67. The lowest BCUT2D eigenvalue weighted by molar-refractivity contribution is -0.122. The molecule has 0 aromatic heterocycles. The summed E-state index contributed by atoms with van der Waals surface area (Å²) in [6.07, 6.45) is 1.98. The van der Waals surface area contributed by atoms with Crippen molar-refractivity contribution in [1.82, 2.24) is 10.2 Å². The maximum absolute atomic E-state index is 11.8. The number of aliphatic hydroxyl groups excluding tert-OH is 1. The van der Waals surface area contributed by atoms with Crippen molar-refractivity contribution < 1.29 is 9.90 Å². The molecule has 2 rings (SSSR count). The predicted octanol–water partition coefficient (Wildman–Crippen LogP) is 1.01. The molecule has 1 aliphatic rings. The molecule has 1 fully saturated rings. The first-order chi connectivity index (χ1) is 9.28. The van der Waals surface area contributed by atoms with Gasteiger partial charge in [-0.25, -0.2) is 0 Å². The Morgan fingerprint density at radius 2 is 1.95 bits per heavy atom. The van der Waals surface area contributed by atoms with E-state index in [0.29, 0.717) is 19.0 Å². The first kappa shape index (κ1) is 14.0. The molecule has 1 amide bonds. The minimum absolute atomic E-state index is 0.0753. The second-order valence-electron chi connectivity index (χ2n) is 5.16. The lowest BCUT2D eigenvalue weighted by Crippen LogP contribution is -2.41. The Bertz CT molecular complexity index is 386. The number of likely N-dealkylation sites (tertiary alicyclic amines) is 1. The normalized spacial score (nSPS) is 17.3. The van der Waals surface area contributed by atoms with Crippen LogP contribution in [-0.2, 0) is 11.3 Å². The summed E-state index contributed by atoms with van der Waals surface area (Å²) >= 11 is 0. The zero-order chi connectivity index (χ0) is 13.5. The molecule has 0 aliphatic carbocycles. The maximum atomic E-state index is 11.8. The van der Waals surface area contributed by atoms with Gasteiger partial charge in [0, 0.05) is 13.2 Å². The highest BCUT2D eigenvalue weighted by Gasteiger charge is 2.19. The van der Waals surface area contributed by atoms with E-state index in [0.717, 1.165) is 31.5 Å². The average molecular weight is 262 g/mol. The Kier molecular flexibility index (Phi) is 5.36. The van der Waals surface area contributed by atoms with Gasteiger partial charge in [0.05, 0.1) is 6.54 Å². The summed E-state index contributed by atoms with van der Waals surface area (Å²) in [5.74, 6) is 0.495.